The van der Waals surface area contributed by atoms with Gasteiger partial charge in [-0.25, -0.2) is 0 Å². The number of hydrogen-bond donors (Lipinski definition) is 2. The molecule has 2 N–H and O–H groups in total. The number of nitrogens with zero attached hydrogens (tertiary/aromatic N) is 2. The summed E-state index contributed by atoms with van der Waals surface area (Å²) < 4.78 is 5.43. The Morgan fingerprint density at radius 2 is 1.86 bits per heavy atom. The second kappa shape index (κ2) is 12.2. The van der Waals surface area contributed by atoms with Crippen molar-refractivity contribution >= 4 is 46.5 Å². The molecule has 0 spiro atoms. The average Bonchev–Trinajstić information content (AvgIpc) is 3.38. The van der Waals surface area contributed by atoms with E-state index in [-0.39, 0.29) is 42.8 Å². The molecule has 0 radical (unpaired) electrons. The first-order chi connectivity index (χ1) is 17.8. The molecule has 1 heterocycles. The van der Waals surface area contributed by atoms with E-state index in [0.29, 0.717) is 40.1 Å². The summed E-state index contributed by atoms with van der Waals surface area (Å²) in [5.41, 5.74) is 1.04. The Labute approximate surface area is 226 Å². The topological polar surface area (TPSA) is 99.2 Å². The average molecular weight is 548 g/mol. The molecule has 1 aliphatic heterocycles. The van der Waals surface area contributed by atoms with Gasteiger partial charge in [0.2, 0.25) is 12.3 Å². The summed E-state index contributed by atoms with van der Waals surface area (Å²) in [5, 5.41) is 14.9. The van der Waals surface area contributed by atoms with Crippen molar-refractivity contribution in [3.8, 4) is 5.75 Å². The molecule has 2 amide bonds. The number of aliphatic hydroxyl groups excluding tert-OH is 1. The highest BCUT2D eigenvalue weighted by Gasteiger charge is 2.37. The van der Waals surface area contributed by atoms with Crippen molar-refractivity contribution in [2.45, 2.75) is 57.8 Å². The fraction of sp³-hybridized carbons (Fsp3) is 0.444. The summed E-state index contributed by atoms with van der Waals surface area (Å²) in [6, 6.07) is 9.74. The number of ether oxygens (including phenoxy) is 1. The molecule has 1 saturated carbocycles. The zero-order valence-electron chi connectivity index (χ0n) is 20.7. The van der Waals surface area contributed by atoms with Gasteiger partial charge in [-0.3, -0.25) is 19.3 Å². The van der Waals surface area contributed by atoms with Gasteiger partial charge < -0.3 is 20.1 Å². The molecular formula is C27H31Cl2N3O5. The number of ketones is 1. The van der Waals surface area contributed by atoms with Crippen LogP contribution in [-0.4, -0.2) is 59.7 Å². The van der Waals surface area contributed by atoms with Crippen LogP contribution in [0.5, 0.6) is 5.75 Å². The molecule has 8 nitrogen and oxygen atoms in total. The molecule has 37 heavy (non-hydrogen) atoms. The van der Waals surface area contributed by atoms with Gasteiger partial charge >= 0.3 is 0 Å². The van der Waals surface area contributed by atoms with E-state index in [1.54, 1.807) is 24.3 Å². The Kier molecular flexibility index (Phi) is 8.95. The minimum Gasteiger partial charge on any atom is -0.492 e. The molecule has 10 heteroatoms. The number of anilines is 1. The zero-order valence-corrected chi connectivity index (χ0v) is 22.2. The van der Waals surface area contributed by atoms with Crippen molar-refractivity contribution < 1.29 is 24.2 Å². The van der Waals surface area contributed by atoms with Crippen LogP contribution in [0.3, 0.4) is 0 Å². The molecule has 1 fully saturated rings. The van der Waals surface area contributed by atoms with Gasteiger partial charge in [-0.1, -0.05) is 36.0 Å². The summed E-state index contributed by atoms with van der Waals surface area (Å²) in [4.78, 5) is 41.5. The number of Topliss-reactive ketones (excluding diaryl/α,β-unsaturated/α-hetero) is 1. The monoisotopic (exact) mass is 547 g/mol. The molecular weight excluding hydrogens is 517 g/mol. The number of benzene rings is 2. The van der Waals surface area contributed by atoms with Crippen LogP contribution in [0.1, 0.15) is 66.2 Å². The van der Waals surface area contributed by atoms with Crippen molar-refractivity contribution in [2.24, 2.45) is 0 Å². The van der Waals surface area contributed by atoms with E-state index in [4.69, 9.17) is 27.9 Å². The van der Waals surface area contributed by atoms with E-state index in [1.165, 1.54) is 21.9 Å². The predicted molar refractivity (Wildman–Crippen MR) is 142 cm³/mol. The number of nitrogens with one attached hydrogen (secondary N) is 1. The van der Waals surface area contributed by atoms with E-state index in [9.17, 15) is 19.5 Å². The molecule has 2 aliphatic rings. The minimum absolute atomic E-state index is 0.0614. The smallest absolute Gasteiger partial charge is 0.259 e. The van der Waals surface area contributed by atoms with E-state index < -0.39 is 12.3 Å². The molecule has 1 unspecified atom stereocenters. The fourth-order valence-corrected chi connectivity index (χ4v) is 5.25. The summed E-state index contributed by atoms with van der Waals surface area (Å²) in [5.74, 6) is -0.287. The maximum Gasteiger partial charge on any atom is 0.259 e. The number of hydrogen-bond acceptors (Lipinski definition) is 6. The lowest BCUT2D eigenvalue weighted by Gasteiger charge is -2.42. The second-order valence-corrected chi connectivity index (χ2v) is 10.1. The van der Waals surface area contributed by atoms with Crippen molar-refractivity contribution in [3.05, 3.63) is 57.6 Å². The molecule has 0 aromatic heterocycles. The van der Waals surface area contributed by atoms with Crippen LogP contribution in [0.2, 0.25) is 10.0 Å². The first-order valence-corrected chi connectivity index (χ1v) is 13.3. The largest absolute Gasteiger partial charge is 0.492 e. The lowest BCUT2D eigenvalue weighted by molar-refractivity contribution is -0.122. The van der Waals surface area contributed by atoms with Gasteiger partial charge in [-0.2, -0.15) is 0 Å². The summed E-state index contributed by atoms with van der Waals surface area (Å²) in [6.45, 7) is 2.22. The SMILES string of the molecule is CCOc1ccc(C(=O)CN2c3ccc(Cl)cc3C(=O)N(CCCC(=O)NC3CCCC3)C2O)cc1Cl. The third-order valence-corrected chi connectivity index (χ3v) is 7.24. The van der Waals surface area contributed by atoms with Gasteiger partial charge in [-0.15, -0.1) is 0 Å². The fourth-order valence-electron chi connectivity index (χ4n) is 4.84. The first kappa shape index (κ1) is 27.2. The van der Waals surface area contributed by atoms with Crippen LogP contribution < -0.4 is 15.0 Å². The van der Waals surface area contributed by atoms with Crippen molar-refractivity contribution in [1.29, 1.82) is 0 Å². The molecule has 1 atom stereocenters. The molecule has 4 rings (SSSR count). The van der Waals surface area contributed by atoms with Gasteiger partial charge in [0.25, 0.3) is 5.91 Å². The van der Waals surface area contributed by atoms with E-state index in [2.05, 4.69) is 5.32 Å². The summed E-state index contributed by atoms with van der Waals surface area (Å²) in [7, 11) is 0. The maximum atomic E-state index is 13.2. The van der Waals surface area contributed by atoms with Crippen LogP contribution in [0.4, 0.5) is 5.69 Å². The lowest BCUT2D eigenvalue weighted by atomic mass is 10.0. The van der Waals surface area contributed by atoms with E-state index >= 15 is 0 Å². The van der Waals surface area contributed by atoms with Crippen LogP contribution >= 0.6 is 23.2 Å². The second-order valence-electron chi connectivity index (χ2n) is 9.29. The molecule has 0 saturated heterocycles. The lowest BCUT2D eigenvalue weighted by Crippen LogP contribution is -2.57. The maximum absolute atomic E-state index is 13.2. The van der Waals surface area contributed by atoms with Gasteiger partial charge in [0.15, 0.2) is 5.78 Å². The van der Waals surface area contributed by atoms with Gasteiger partial charge in [0, 0.05) is 29.6 Å². The highest BCUT2D eigenvalue weighted by atomic mass is 35.5. The number of halogens is 2. The number of fused-ring (bicyclic) bond motifs is 1. The normalized spacial score (nSPS) is 17.6. The first-order valence-electron chi connectivity index (χ1n) is 12.6. The summed E-state index contributed by atoms with van der Waals surface area (Å²) in [6.07, 6.45) is 3.45. The molecule has 2 aromatic rings. The number of carbonyl (C=O) groups is 3. The quantitative estimate of drug-likeness (QED) is 0.420. The van der Waals surface area contributed by atoms with Crippen LogP contribution in [0.15, 0.2) is 36.4 Å². The van der Waals surface area contributed by atoms with Crippen LogP contribution in [-0.2, 0) is 4.79 Å². The molecule has 1 aliphatic carbocycles. The van der Waals surface area contributed by atoms with E-state index in [1.807, 2.05) is 6.92 Å². The Hall–Kier alpha value is -2.81. The number of rotatable bonds is 10. The predicted octanol–water partition coefficient (Wildman–Crippen LogP) is 4.65. The number of carbonyl (C=O) groups excluding carboxylic acids is 3. The Bertz CT molecular complexity index is 1170. The van der Waals surface area contributed by atoms with Gasteiger partial charge in [0.05, 0.1) is 29.4 Å². The standard InChI is InChI=1S/C27H31Cl2N3O5/c1-2-37-24-12-9-17(14-21(24)29)23(33)16-32-22-11-10-18(28)15-20(22)26(35)31(27(32)36)13-5-8-25(34)30-19-6-3-4-7-19/h9-12,14-15,19,27,36H,2-8,13,16H2,1H3,(H,30,34). The Morgan fingerprint density at radius 1 is 1.11 bits per heavy atom. The highest BCUT2D eigenvalue weighted by molar-refractivity contribution is 6.32. The van der Waals surface area contributed by atoms with Crippen LogP contribution in [0, 0.1) is 0 Å². The van der Waals surface area contributed by atoms with Crippen molar-refractivity contribution in [2.75, 3.05) is 24.6 Å². The Morgan fingerprint density at radius 3 is 2.57 bits per heavy atom. The van der Waals surface area contributed by atoms with Crippen LogP contribution in [0.25, 0.3) is 0 Å². The zero-order chi connectivity index (χ0) is 26.5. The van der Waals surface area contributed by atoms with Gasteiger partial charge in [-0.05, 0) is 62.6 Å². The molecule has 2 aromatic carbocycles. The van der Waals surface area contributed by atoms with Crippen molar-refractivity contribution in [3.63, 3.8) is 0 Å². The highest BCUT2D eigenvalue weighted by Crippen LogP contribution is 2.33. The third kappa shape index (κ3) is 6.37. The van der Waals surface area contributed by atoms with Gasteiger partial charge in [0.1, 0.15) is 5.75 Å². The number of aliphatic hydroxyl groups is 1. The minimum atomic E-state index is -1.39. The summed E-state index contributed by atoms with van der Waals surface area (Å²) >= 11 is 12.4. The van der Waals surface area contributed by atoms with Crippen molar-refractivity contribution in [1.82, 2.24) is 10.2 Å². The number of amides is 2. The molecule has 198 valence electrons. The Balaban J connectivity index is 1.48. The molecule has 0 bridgehead atoms. The third-order valence-electron chi connectivity index (χ3n) is 6.71. The van der Waals surface area contributed by atoms with E-state index in [0.717, 1.165) is 25.7 Å².